The molecule has 102 valence electrons. The monoisotopic (exact) mass is 269 g/mol. The van der Waals surface area contributed by atoms with Gasteiger partial charge >= 0.3 is 6.18 Å². The molecule has 0 atom stereocenters. The van der Waals surface area contributed by atoms with Gasteiger partial charge in [0.1, 0.15) is 0 Å². The van der Waals surface area contributed by atoms with E-state index >= 15 is 0 Å². The van der Waals surface area contributed by atoms with Gasteiger partial charge in [-0.15, -0.1) is 0 Å². The first-order chi connectivity index (χ1) is 8.91. The van der Waals surface area contributed by atoms with Crippen molar-refractivity contribution >= 4 is 0 Å². The molecule has 0 aliphatic carbocycles. The normalized spacial score (nSPS) is 11.8. The number of rotatable bonds is 3. The second-order valence-electron chi connectivity index (χ2n) is 4.32. The molecule has 6 heteroatoms. The lowest BCUT2D eigenvalue weighted by Crippen LogP contribution is -2.08. The Morgan fingerprint density at radius 3 is 2.63 bits per heavy atom. The largest absolute Gasteiger partial charge is 0.416 e. The summed E-state index contributed by atoms with van der Waals surface area (Å²) < 4.78 is 39.5. The third-order valence-corrected chi connectivity index (χ3v) is 3.01. The Balaban J connectivity index is 2.26. The van der Waals surface area contributed by atoms with Crippen LogP contribution in [0.4, 0.5) is 13.2 Å². The van der Waals surface area contributed by atoms with Gasteiger partial charge in [-0.2, -0.15) is 18.3 Å². The van der Waals surface area contributed by atoms with Gasteiger partial charge in [-0.25, -0.2) is 0 Å². The van der Waals surface area contributed by atoms with Crippen LogP contribution in [0.25, 0.3) is 0 Å². The molecule has 0 spiro atoms. The molecule has 0 saturated carbocycles. The van der Waals surface area contributed by atoms with Crippen molar-refractivity contribution in [2.45, 2.75) is 26.2 Å². The molecule has 2 aromatic rings. The van der Waals surface area contributed by atoms with Crippen molar-refractivity contribution < 1.29 is 13.2 Å². The Labute approximate surface area is 108 Å². The molecular weight excluding hydrogens is 255 g/mol. The summed E-state index contributed by atoms with van der Waals surface area (Å²) in [6.07, 6.45) is -2.68. The number of nitrogens with zero attached hydrogens (tertiary/aromatic N) is 2. The van der Waals surface area contributed by atoms with Gasteiger partial charge in [-0.1, -0.05) is 12.1 Å². The van der Waals surface area contributed by atoms with E-state index in [1.807, 2.05) is 6.92 Å². The van der Waals surface area contributed by atoms with Crippen molar-refractivity contribution in [1.29, 1.82) is 0 Å². The van der Waals surface area contributed by atoms with Crippen LogP contribution in [0.5, 0.6) is 0 Å². The van der Waals surface area contributed by atoms with Crippen LogP contribution in [-0.4, -0.2) is 9.78 Å². The Kier molecular flexibility index (Phi) is 3.61. The number of halogens is 3. The van der Waals surface area contributed by atoms with E-state index in [4.69, 9.17) is 5.73 Å². The smallest absolute Gasteiger partial charge is 0.326 e. The lowest BCUT2D eigenvalue weighted by Gasteiger charge is -2.10. The zero-order valence-electron chi connectivity index (χ0n) is 10.4. The molecule has 0 aliphatic rings. The van der Waals surface area contributed by atoms with Crippen molar-refractivity contribution in [3.8, 4) is 0 Å². The van der Waals surface area contributed by atoms with Gasteiger partial charge in [0, 0.05) is 17.8 Å². The third kappa shape index (κ3) is 2.96. The lowest BCUT2D eigenvalue weighted by molar-refractivity contribution is -0.137. The highest BCUT2D eigenvalue weighted by molar-refractivity contribution is 5.26. The lowest BCUT2D eigenvalue weighted by atomic mass is 10.1. The van der Waals surface area contributed by atoms with Crippen molar-refractivity contribution in [3.63, 3.8) is 0 Å². The number of alkyl halides is 3. The molecule has 0 fully saturated rings. The fraction of sp³-hybridized carbons (Fsp3) is 0.308. The first kappa shape index (κ1) is 13.6. The quantitative estimate of drug-likeness (QED) is 0.931. The Morgan fingerprint density at radius 1 is 1.32 bits per heavy atom. The summed E-state index contributed by atoms with van der Waals surface area (Å²) in [7, 11) is 0. The highest BCUT2D eigenvalue weighted by Crippen LogP contribution is 2.29. The van der Waals surface area contributed by atoms with E-state index in [-0.39, 0.29) is 0 Å². The van der Waals surface area contributed by atoms with E-state index in [2.05, 4.69) is 5.10 Å². The average Bonchev–Trinajstić information content (AvgIpc) is 2.70. The topological polar surface area (TPSA) is 43.8 Å². The van der Waals surface area contributed by atoms with Gasteiger partial charge in [0.15, 0.2) is 0 Å². The van der Waals surface area contributed by atoms with Crippen LogP contribution in [0, 0.1) is 6.92 Å². The van der Waals surface area contributed by atoms with E-state index in [1.165, 1.54) is 6.07 Å². The van der Waals surface area contributed by atoms with Gasteiger partial charge in [0.2, 0.25) is 0 Å². The standard InChI is InChI=1S/C13H14F3N3/c1-9-11(6-17)7-18-19(9)8-10-3-2-4-12(5-10)13(14,15)16/h2-5,7H,6,8,17H2,1H3. The van der Waals surface area contributed by atoms with E-state index in [9.17, 15) is 13.2 Å². The number of aromatic nitrogens is 2. The number of hydrogen-bond donors (Lipinski definition) is 1. The highest BCUT2D eigenvalue weighted by atomic mass is 19.4. The molecule has 1 aromatic carbocycles. The summed E-state index contributed by atoms with van der Waals surface area (Å²) in [5, 5.41) is 4.13. The van der Waals surface area contributed by atoms with E-state index in [1.54, 1.807) is 16.9 Å². The Hall–Kier alpha value is -1.82. The van der Waals surface area contributed by atoms with Gasteiger partial charge in [-0.05, 0) is 24.6 Å². The molecule has 2 N–H and O–H groups in total. The van der Waals surface area contributed by atoms with Gasteiger partial charge < -0.3 is 5.73 Å². The molecule has 0 aliphatic heterocycles. The maximum atomic E-state index is 12.6. The van der Waals surface area contributed by atoms with Crippen LogP contribution in [0.3, 0.4) is 0 Å². The van der Waals surface area contributed by atoms with Gasteiger partial charge in [-0.3, -0.25) is 4.68 Å². The molecular formula is C13H14F3N3. The predicted octanol–water partition coefficient (Wildman–Crippen LogP) is 2.72. The molecule has 19 heavy (non-hydrogen) atoms. The Bertz CT molecular complexity index is 573. The van der Waals surface area contributed by atoms with E-state index < -0.39 is 11.7 Å². The molecule has 0 saturated heterocycles. The fourth-order valence-corrected chi connectivity index (χ4v) is 1.86. The maximum absolute atomic E-state index is 12.6. The molecule has 3 nitrogen and oxygen atoms in total. The van der Waals surface area contributed by atoms with E-state index in [0.717, 1.165) is 23.4 Å². The molecule has 1 heterocycles. The minimum Gasteiger partial charge on any atom is -0.326 e. The van der Waals surface area contributed by atoms with Gasteiger partial charge in [0.05, 0.1) is 18.3 Å². The first-order valence-corrected chi connectivity index (χ1v) is 5.79. The minimum atomic E-state index is -4.32. The summed E-state index contributed by atoms with van der Waals surface area (Å²) in [4.78, 5) is 0. The maximum Gasteiger partial charge on any atom is 0.416 e. The van der Waals surface area contributed by atoms with Crippen molar-refractivity contribution in [2.24, 2.45) is 5.73 Å². The summed E-state index contributed by atoms with van der Waals surface area (Å²) in [5.41, 5.74) is 7.22. The molecule has 0 amide bonds. The van der Waals surface area contributed by atoms with Crippen molar-refractivity contribution in [2.75, 3.05) is 0 Å². The van der Waals surface area contributed by atoms with Crippen LogP contribution in [0.2, 0.25) is 0 Å². The van der Waals surface area contributed by atoms with Crippen LogP contribution >= 0.6 is 0 Å². The van der Waals surface area contributed by atoms with E-state index in [0.29, 0.717) is 18.7 Å². The van der Waals surface area contributed by atoms with Crippen molar-refractivity contribution in [1.82, 2.24) is 9.78 Å². The number of nitrogens with two attached hydrogens (primary N) is 1. The second kappa shape index (κ2) is 5.05. The third-order valence-electron chi connectivity index (χ3n) is 3.01. The van der Waals surface area contributed by atoms with Gasteiger partial charge in [0.25, 0.3) is 0 Å². The van der Waals surface area contributed by atoms with Crippen LogP contribution in [-0.2, 0) is 19.3 Å². The SMILES string of the molecule is Cc1c(CN)cnn1Cc1cccc(C(F)(F)F)c1. The molecule has 0 bridgehead atoms. The summed E-state index contributed by atoms with van der Waals surface area (Å²) >= 11 is 0. The first-order valence-electron chi connectivity index (χ1n) is 5.79. The second-order valence-corrected chi connectivity index (χ2v) is 4.32. The zero-order chi connectivity index (χ0) is 14.0. The molecule has 0 radical (unpaired) electrons. The number of hydrogen-bond acceptors (Lipinski definition) is 2. The summed E-state index contributed by atoms with van der Waals surface area (Å²) in [5.74, 6) is 0. The molecule has 2 rings (SSSR count). The summed E-state index contributed by atoms with van der Waals surface area (Å²) in [6.45, 7) is 2.52. The highest BCUT2D eigenvalue weighted by Gasteiger charge is 2.30. The minimum absolute atomic E-state index is 0.301. The van der Waals surface area contributed by atoms with Crippen LogP contribution < -0.4 is 5.73 Å². The molecule has 0 unspecified atom stereocenters. The predicted molar refractivity (Wildman–Crippen MR) is 65.4 cm³/mol. The van der Waals surface area contributed by atoms with Crippen molar-refractivity contribution in [3.05, 3.63) is 52.8 Å². The average molecular weight is 269 g/mol. The molecule has 1 aromatic heterocycles. The fourth-order valence-electron chi connectivity index (χ4n) is 1.86. The van der Waals surface area contributed by atoms with Crippen LogP contribution in [0.15, 0.2) is 30.5 Å². The summed E-state index contributed by atoms with van der Waals surface area (Å²) in [6, 6.07) is 5.26. The van der Waals surface area contributed by atoms with Crippen LogP contribution in [0.1, 0.15) is 22.4 Å². The zero-order valence-corrected chi connectivity index (χ0v) is 10.4. The number of benzene rings is 1. The Morgan fingerprint density at radius 2 is 2.05 bits per heavy atom.